The number of benzene rings is 2. The van der Waals surface area contributed by atoms with E-state index in [1.807, 2.05) is 30.3 Å². The monoisotopic (exact) mass is 350 g/mol. The Labute approximate surface area is 151 Å². The lowest BCUT2D eigenvalue weighted by atomic mass is 10.2. The van der Waals surface area contributed by atoms with Gasteiger partial charge in [-0.15, -0.1) is 0 Å². The predicted molar refractivity (Wildman–Crippen MR) is 96.7 cm³/mol. The molecular formula is C20H18N2O4. The van der Waals surface area contributed by atoms with Crippen LogP contribution in [0.1, 0.15) is 10.4 Å². The van der Waals surface area contributed by atoms with Gasteiger partial charge < -0.3 is 19.9 Å². The van der Waals surface area contributed by atoms with Crippen LogP contribution >= 0.6 is 0 Å². The van der Waals surface area contributed by atoms with E-state index in [9.17, 15) is 4.79 Å². The third-order valence-electron chi connectivity index (χ3n) is 3.42. The molecule has 0 unspecified atom stereocenters. The first kappa shape index (κ1) is 17.4. The summed E-state index contributed by atoms with van der Waals surface area (Å²) in [4.78, 5) is 15.9. The Hall–Kier alpha value is -3.38. The summed E-state index contributed by atoms with van der Waals surface area (Å²) in [5.74, 6) is 2.15. The van der Waals surface area contributed by atoms with E-state index in [0.29, 0.717) is 22.9 Å². The fourth-order valence-corrected chi connectivity index (χ4v) is 2.17. The van der Waals surface area contributed by atoms with Crippen LogP contribution in [-0.4, -0.2) is 29.1 Å². The number of aliphatic hydroxyl groups excluding tert-OH is 1. The van der Waals surface area contributed by atoms with E-state index in [1.165, 1.54) is 6.20 Å². The lowest BCUT2D eigenvalue weighted by Crippen LogP contribution is -2.26. The number of ether oxygens (including phenoxy) is 2. The molecule has 0 atom stereocenters. The van der Waals surface area contributed by atoms with Crippen LogP contribution in [0.4, 0.5) is 0 Å². The molecule has 2 N–H and O–H groups in total. The minimum Gasteiger partial charge on any atom is -0.457 e. The second-order valence-corrected chi connectivity index (χ2v) is 5.35. The Kier molecular flexibility index (Phi) is 5.80. The average Bonchev–Trinajstić information content (AvgIpc) is 2.69. The fourth-order valence-electron chi connectivity index (χ4n) is 2.17. The van der Waals surface area contributed by atoms with Gasteiger partial charge in [-0.05, 0) is 42.5 Å². The largest absolute Gasteiger partial charge is 0.457 e. The smallest absolute Gasteiger partial charge is 0.252 e. The molecule has 1 heterocycles. The van der Waals surface area contributed by atoms with Crippen molar-refractivity contribution >= 4 is 5.91 Å². The standard InChI is InChI=1S/C20H18N2O4/c23-13-12-21-20(24)15-6-11-19(22-14-15)26-18-9-7-17(8-10-18)25-16-4-2-1-3-5-16/h1-11,14,23H,12-13H2,(H,21,24). The van der Waals surface area contributed by atoms with Crippen molar-refractivity contribution in [2.24, 2.45) is 0 Å². The molecule has 2 aromatic carbocycles. The number of hydrogen-bond donors (Lipinski definition) is 2. The molecule has 0 spiro atoms. The van der Waals surface area contributed by atoms with Crippen LogP contribution in [0.5, 0.6) is 23.1 Å². The third-order valence-corrected chi connectivity index (χ3v) is 3.42. The summed E-state index contributed by atoms with van der Waals surface area (Å²) < 4.78 is 11.4. The van der Waals surface area contributed by atoms with Gasteiger partial charge >= 0.3 is 0 Å². The summed E-state index contributed by atoms with van der Waals surface area (Å²) in [6, 6.07) is 19.9. The Morgan fingerprint density at radius 2 is 1.54 bits per heavy atom. The third kappa shape index (κ3) is 4.81. The number of nitrogens with one attached hydrogen (secondary N) is 1. The van der Waals surface area contributed by atoms with Crippen molar-refractivity contribution in [1.82, 2.24) is 10.3 Å². The lowest BCUT2D eigenvalue weighted by Gasteiger charge is -2.08. The first-order valence-electron chi connectivity index (χ1n) is 8.10. The molecular weight excluding hydrogens is 332 g/mol. The van der Waals surface area contributed by atoms with Crippen LogP contribution in [-0.2, 0) is 0 Å². The maximum absolute atomic E-state index is 11.7. The normalized spacial score (nSPS) is 10.2. The van der Waals surface area contributed by atoms with E-state index in [1.54, 1.807) is 36.4 Å². The van der Waals surface area contributed by atoms with Crippen LogP contribution in [0.15, 0.2) is 72.9 Å². The van der Waals surface area contributed by atoms with Crippen molar-refractivity contribution in [1.29, 1.82) is 0 Å². The Morgan fingerprint density at radius 3 is 2.15 bits per heavy atom. The van der Waals surface area contributed by atoms with Crippen LogP contribution < -0.4 is 14.8 Å². The number of carbonyl (C=O) groups excluding carboxylic acids is 1. The van der Waals surface area contributed by atoms with Crippen molar-refractivity contribution in [2.75, 3.05) is 13.2 Å². The van der Waals surface area contributed by atoms with Gasteiger partial charge in [0.2, 0.25) is 5.88 Å². The van der Waals surface area contributed by atoms with Crippen molar-refractivity contribution in [3.05, 3.63) is 78.5 Å². The molecule has 132 valence electrons. The van der Waals surface area contributed by atoms with Crippen molar-refractivity contribution in [3.63, 3.8) is 0 Å². The van der Waals surface area contributed by atoms with E-state index in [-0.39, 0.29) is 19.1 Å². The predicted octanol–water partition coefficient (Wildman–Crippen LogP) is 3.39. The van der Waals surface area contributed by atoms with Gasteiger partial charge in [0.05, 0.1) is 12.2 Å². The van der Waals surface area contributed by atoms with Crippen molar-refractivity contribution in [2.45, 2.75) is 0 Å². The molecule has 3 rings (SSSR count). The minimum atomic E-state index is -0.291. The zero-order valence-electron chi connectivity index (χ0n) is 14.0. The number of aliphatic hydroxyl groups is 1. The highest BCUT2D eigenvalue weighted by molar-refractivity contribution is 5.93. The average molecular weight is 350 g/mol. The first-order chi connectivity index (χ1) is 12.7. The summed E-state index contributed by atoms with van der Waals surface area (Å²) >= 11 is 0. The van der Waals surface area contributed by atoms with E-state index < -0.39 is 0 Å². The number of rotatable bonds is 7. The second kappa shape index (κ2) is 8.64. The molecule has 0 saturated heterocycles. The highest BCUT2D eigenvalue weighted by Crippen LogP contribution is 2.25. The SMILES string of the molecule is O=C(NCCO)c1ccc(Oc2ccc(Oc3ccccc3)cc2)nc1. The molecule has 6 nitrogen and oxygen atoms in total. The van der Waals surface area contributed by atoms with E-state index in [4.69, 9.17) is 14.6 Å². The quantitative estimate of drug-likeness (QED) is 0.683. The zero-order chi connectivity index (χ0) is 18.2. The highest BCUT2D eigenvalue weighted by Gasteiger charge is 2.06. The summed E-state index contributed by atoms with van der Waals surface area (Å²) in [5, 5.41) is 11.3. The van der Waals surface area contributed by atoms with Crippen LogP contribution in [0.2, 0.25) is 0 Å². The number of para-hydroxylation sites is 1. The zero-order valence-corrected chi connectivity index (χ0v) is 14.0. The second-order valence-electron chi connectivity index (χ2n) is 5.35. The van der Waals surface area contributed by atoms with Gasteiger partial charge in [-0.3, -0.25) is 4.79 Å². The van der Waals surface area contributed by atoms with Gasteiger partial charge in [0.15, 0.2) is 0 Å². The number of nitrogens with zero attached hydrogens (tertiary/aromatic N) is 1. The van der Waals surface area contributed by atoms with Crippen LogP contribution in [0.3, 0.4) is 0 Å². The lowest BCUT2D eigenvalue weighted by molar-refractivity contribution is 0.0944. The van der Waals surface area contributed by atoms with Gasteiger partial charge in [0.25, 0.3) is 5.91 Å². The molecule has 0 aliphatic carbocycles. The van der Waals surface area contributed by atoms with Gasteiger partial charge in [0.1, 0.15) is 17.2 Å². The number of hydrogen-bond acceptors (Lipinski definition) is 5. The summed E-state index contributed by atoms with van der Waals surface area (Å²) in [7, 11) is 0. The Balaban J connectivity index is 1.59. The van der Waals surface area contributed by atoms with E-state index in [2.05, 4.69) is 10.3 Å². The molecule has 3 aromatic rings. The highest BCUT2D eigenvalue weighted by atomic mass is 16.5. The molecule has 1 aromatic heterocycles. The Morgan fingerprint density at radius 1 is 0.885 bits per heavy atom. The molecule has 0 bridgehead atoms. The topological polar surface area (TPSA) is 80.7 Å². The van der Waals surface area contributed by atoms with Crippen molar-refractivity contribution in [3.8, 4) is 23.1 Å². The van der Waals surface area contributed by atoms with Crippen LogP contribution in [0, 0.1) is 0 Å². The molecule has 26 heavy (non-hydrogen) atoms. The molecule has 0 aliphatic rings. The molecule has 6 heteroatoms. The number of pyridine rings is 1. The summed E-state index contributed by atoms with van der Waals surface area (Å²) in [6.07, 6.45) is 1.43. The van der Waals surface area contributed by atoms with Crippen LogP contribution in [0.25, 0.3) is 0 Å². The van der Waals surface area contributed by atoms with Crippen molar-refractivity contribution < 1.29 is 19.4 Å². The minimum absolute atomic E-state index is 0.107. The number of amides is 1. The van der Waals surface area contributed by atoms with Gasteiger partial charge in [-0.1, -0.05) is 18.2 Å². The number of carbonyl (C=O) groups is 1. The van der Waals surface area contributed by atoms with Gasteiger partial charge in [-0.25, -0.2) is 4.98 Å². The molecule has 0 radical (unpaired) electrons. The molecule has 0 aliphatic heterocycles. The number of aromatic nitrogens is 1. The maximum Gasteiger partial charge on any atom is 0.252 e. The maximum atomic E-state index is 11.7. The summed E-state index contributed by atoms with van der Waals surface area (Å²) in [6.45, 7) is 0.0961. The summed E-state index contributed by atoms with van der Waals surface area (Å²) in [5.41, 5.74) is 0.400. The molecule has 0 saturated carbocycles. The van der Waals surface area contributed by atoms with E-state index in [0.717, 1.165) is 5.75 Å². The van der Waals surface area contributed by atoms with E-state index >= 15 is 0 Å². The Bertz CT molecular complexity index is 834. The molecule has 1 amide bonds. The fraction of sp³-hybridized carbons (Fsp3) is 0.100. The van der Waals surface area contributed by atoms with Gasteiger partial charge in [0, 0.05) is 18.8 Å². The van der Waals surface area contributed by atoms with Gasteiger partial charge in [-0.2, -0.15) is 0 Å². The first-order valence-corrected chi connectivity index (χ1v) is 8.10. The molecule has 0 fully saturated rings.